The summed E-state index contributed by atoms with van der Waals surface area (Å²) in [6.07, 6.45) is 2.17. The van der Waals surface area contributed by atoms with E-state index in [-0.39, 0.29) is 12.4 Å². The Balaban J connectivity index is 2.01. The van der Waals surface area contributed by atoms with Gasteiger partial charge in [-0.05, 0) is 43.2 Å². The smallest absolute Gasteiger partial charge is 0.330 e. The molecule has 0 aliphatic carbocycles. The number of phenols is 1. The van der Waals surface area contributed by atoms with Crippen molar-refractivity contribution in [2.45, 2.75) is 33.3 Å². The average molecular weight is 364 g/mol. The molecule has 2 aromatic carbocycles. The number of aromatic hydroxyl groups is 1. The van der Waals surface area contributed by atoms with Crippen molar-refractivity contribution in [3.63, 3.8) is 0 Å². The van der Waals surface area contributed by atoms with E-state index in [1.807, 2.05) is 38.1 Å². The molecule has 0 amide bonds. The Morgan fingerprint density at radius 1 is 1.00 bits per heavy atom. The largest absolute Gasteiger partial charge is 0.508 e. The molecule has 0 fully saturated rings. The van der Waals surface area contributed by atoms with Crippen molar-refractivity contribution in [3.8, 4) is 17.2 Å². The Kier molecular flexibility index (Phi) is 7.51. The van der Waals surface area contributed by atoms with Crippen LogP contribution in [0.4, 0.5) is 0 Å². The minimum Gasteiger partial charge on any atom is -0.508 e. The highest BCUT2D eigenvalue weighted by Gasteiger charge is 2.23. The van der Waals surface area contributed by atoms with Crippen LogP contribution < -0.4 is 4.74 Å². The van der Waals surface area contributed by atoms with Crippen molar-refractivity contribution in [2.24, 2.45) is 0 Å². The minimum absolute atomic E-state index is 0.144. The molecule has 5 nitrogen and oxygen atoms in total. The van der Waals surface area contributed by atoms with Crippen LogP contribution in [0.5, 0.6) is 17.2 Å². The van der Waals surface area contributed by atoms with Gasteiger partial charge in [-0.3, -0.25) is 4.57 Å². The van der Waals surface area contributed by atoms with Crippen LogP contribution in [0.25, 0.3) is 0 Å². The van der Waals surface area contributed by atoms with E-state index in [1.165, 1.54) is 6.07 Å². The summed E-state index contributed by atoms with van der Waals surface area (Å²) in [5.41, 5.74) is 0.842. The molecule has 2 rings (SSSR count). The number of benzene rings is 2. The molecule has 2 aromatic rings. The Morgan fingerprint density at radius 2 is 1.72 bits per heavy atom. The predicted octanol–water partition coefficient (Wildman–Crippen LogP) is 5.73. The van der Waals surface area contributed by atoms with Crippen LogP contribution in [0.1, 0.15) is 32.3 Å². The molecular formula is C19H25O5P. The zero-order valence-corrected chi connectivity index (χ0v) is 15.6. The van der Waals surface area contributed by atoms with Gasteiger partial charge in [0.2, 0.25) is 0 Å². The van der Waals surface area contributed by atoms with Crippen LogP contribution in [0, 0.1) is 0 Å². The second kappa shape index (κ2) is 9.62. The first-order valence-corrected chi connectivity index (χ1v) is 10.2. The zero-order valence-electron chi connectivity index (χ0n) is 14.7. The molecule has 0 aliphatic rings. The fourth-order valence-corrected chi connectivity index (χ4v) is 4.04. The number of rotatable bonds is 10. The average Bonchev–Trinajstić information content (AvgIpc) is 2.59. The van der Waals surface area contributed by atoms with Crippen molar-refractivity contribution in [1.29, 1.82) is 0 Å². The van der Waals surface area contributed by atoms with Gasteiger partial charge in [-0.15, -0.1) is 0 Å². The van der Waals surface area contributed by atoms with E-state index in [1.54, 1.807) is 18.2 Å². The van der Waals surface area contributed by atoms with E-state index < -0.39 is 7.60 Å². The molecular weight excluding hydrogens is 339 g/mol. The van der Waals surface area contributed by atoms with E-state index in [2.05, 4.69) is 0 Å². The molecule has 136 valence electrons. The number of unbranched alkanes of at least 4 members (excludes halogenated alkanes) is 1. The third-order valence-corrected chi connectivity index (χ3v) is 5.53. The standard InChI is InChI=1S/C19H25O5P/c1-3-5-12-25(21,22-4-2)23-15-16-8-6-10-18(13-16)24-19-11-7-9-17(20)14-19/h6-11,13-14,20H,3-5,12,15H2,1-2H3. The van der Waals surface area contributed by atoms with Gasteiger partial charge in [0.05, 0.1) is 19.4 Å². The monoisotopic (exact) mass is 364 g/mol. The van der Waals surface area contributed by atoms with Crippen molar-refractivity contribution in [2.75, 3.05) is 12.8 Å². The maximum Gasteiger partial charge on any atom is 0.330 e. The van der Waals surface area contributed by atoms with Crippen molar-refractivity contribution in [1.82, 2.24) is 0 Å². The van der Waals surface area contributed by atoms with Gasteiger partial charge < -0.3 is 18.9 Å². The summed E-state index contributed by atoms with van der Waals surface area (Å²) >= 11 is 0. The first-order chi connectivity index (χ1) is 12.0. The summed E-state index contributed by atoms with van der Waals surface area (Å²) in [4.78, 5) is 0. The first kappa shape index (κ1) is 19.5. The van der Waals surface area contributed by atoms with Crippen LogP contribution in [0.3, 0.4) is 0 Å². The third-order valence-electron chi connectivity index (χ3n) is 3.49. The summed E-state index contributed by atoms with van der Waals surface area (Å²) in [5.74, 6) is 1.30. The second-order valence-electron chi connectivity index (χ2n) is 5.63. The summed E-state index contributed by atoms with van der Waals surface area (Å²) in [5, 5.41) is 9.50. The molecule has 6 heteroatoms. The summed E-state index contributed by atoms with van der Waals surface area (Å²) < 4.78 is 29.4. The van der Waals surface area contributed by atoms with Gasteiger partial charge in [0.15, 0.2) is 0 Å². The Bertz CT molecular complexity index is 716. The van der Waals surface area contributed by atoms with Gasteiger partial charge in [0.25, 0.3) is 0 Å². The Hall–Kier alpha value is -1.81. The molecule has 25 heavy (non-hydrogen) atoms. The van der Waals surface area contributed by atoms with Gasteiger partial charge in [-0.1, -0.05) is 31.5 Å². The molecule has 1 atom stereocenters. The lowest BCUT2D eigenvalue weighted by Crippen LogP contribution is -2.01. The van der Waals surface area contributed by atoms with E-state index in [9.17, 15) is 9.67 Å². The molecule has 0 bridgehead atoms. The maximum atomic E-state index is 12.7. The molecule has 0 aliphatic heterocycles. The van der Waals surface area contributed by atoms with E-state index in [0.29, 0.717) is 24.3 Å². The lowest BCUT2D eigenvalue weighted by atomic mass is 10.2. The number of hydrogen-bond donors (Lipinski definition) is 1. The van der Waals surface area contributed by atoms with Crippen molar-refractivity contribution in [3.05, 3.63) is 54.1 Å². The first-order valence-electron chi connectivity index (χ1n) is 8.48. The maximum absolute atomic E-state index is 12.7. The highest BCUT2D eigenvalue weighted by Crippen LogP contribution is 2.49. The quantitative estimate of drug-likeness (QED) is 0.545. The van der Waals surface area contributed by atoms with Crippen LogP contribution >= 0.6 is 7.60 Å². The van der Waals surface area contributed by atoms with Crippen LogP contribution in [0.2, 0.25) is 0 Å². The Morgan fingerprint density at radius 3 is 2.40 bits per heavy atom. The zero-order chi connectivity index (χ0) is 18.1. The molecule has 0 aromatic heterocycles. The van der Waals surface area contributed by atoms with Gasteiger partial charge in [-0.2, -0.15) is 0 Å². The molecule has 0 heterocycles. The molecule has 0 radical (unpaired) electrons. The molecule has 1 N–H and O–H groups in total. The SMILES string of the molecule is CCCCP(=O)(OCC)OCc1cccc(Oc2cccc(O)c2)c1. The highest BCUT2D eigenvalue weighted by atomic mass is 31.2. The number of phenolic OH excluding ortho intramolecular Hbond substituents is 1. The lowest BCUT2D eigenvalue weighted by molar-refractivity contribution is 0.204. The molecule has 1 unspecified atom stereocenters. The fourth-order valence-electron chi connectivity index (χ4n) is 2.27. The van der Waals surface area contributed by atoms with Crippen LogP contribution in [-0.4, -0.2) is 17.9 Å². The van der Waals surface area contributed by atoms with Crippen molar-refractivity contribution >= 4 is 7.60 Å². The summed E-state index contributed by atoms with van der Waals surface area (Å²) in [6, 6.07) is 13.9. The van der Waals surface area contributed by atoms with Crippen molar-refractivity contribution < 1.29 is 23.5 Å². The topological polar surface area (TPSA) is 65.0 Å². The Labute approximate surface area is 149 Å². The number of ether oxygens (including phenoxy) is 1. The molecule has 0 saturated carbocycles. The van der Waals surface area contributed by atoms with E-state index in [0.717, 1.165) is 18.4 Å². The predicted molar refractivity (Wildman–Crippen MR) is 98.4 cm³/mol. The fraction of sp³-hybridized carbons (Fsp3) is 0.368. The number of hydrogen-bond acceptors (Lipinski definition) is 5. The normalized spacial score (nSPS) is 13.4. The van der Waals surface area contributed by atoms with Gasteiger partial charge in [0.1, 0.15) is 17.2 Å². The molecule has 0 spiro atoms. The minimum atomic E-state index is -3.06. The van der Waals surface area contributed by atoms with E-state index >= 15 is 0 Å². The highest BCUT2D eigenvalue weighted by molar-refractivity contribution is 7.53. The summed E-state index contributed by atoms with van der Waals surface area (Å²) in [7, 11) is -3.06. The van der Waals surface area contributed by atoms with Crippen LogP contribution in [0.15, 0.2) is 48.5 Å². The third kappa shape index (κ3) is 6.54. The van der Waals surface area contributed by atoms with E-state index in [4.69, 9.17) is 13.8 Å². The van der Waals surface area contributed by atoms with Crippen LogP contribution in [-0.2, 0) is 20.2 Å². The van der Waals surface area contributed by atoms with Gasteiger partial charge >= 0.3 is 7.60 Å². The second-order valence-corrected chi connectivity index (χ2v) is 7.81. The van der Waals surface area contributed by atoms with Gasteiger partial charge in [0, 0.05) is 6.07 Å². The lowest BCUT2D eigenvalue weighted by Gasteiger charge is -2.18. The molecule has 0 saturated heterocycles. The summed E-state index contributed by atoms with van der Waals surface area (Å²) in [6.45, 7) is 4.41. The van der Waals surface area contributed by atoms with Gasteiger partial charge in [-0.25, -0.2) is 0 Å².